The SMILES string of the molecule is CC(=NCC(=S)Cc1ccc(C(=O)O)c([N+](=O)[O-])c1)c1csc(-c2ccc(C(C)(C)C)cc2)c1O. The highest BCUT2D eigenvalue weighted by Crippen LogP contribution is 2.39. The van der Waals surface area contributed by atoms with Gasteiger partial charge in [-0.2, -0.15) is 0 Å². The molecule has 0 aliphatic heterocycles. The van der Waals surface area contributed by atoms with E-state index in [1.807, 2.05) is 17.5 Å². The Morgan fingerprint density at radius 3 is 2.37 bits per heavy atom. The number of hydrogen-bond acceptors (Lipinski definition) is 7. The Morgan fingerprint density at radius 1 is 1.14 bits per heavy atom. The van der Waals surface area contributed by atoms with E-state index in [1.165, 1.54) is 35.1 Å². The van der Waals surface area contributed by atoms with Crippen molar-refractivity contribution in [3.8, 4) is 16.2 Å². The van der Waals surface area contributed by atoms with Gasteiger partial charge in [-0.1, -0.05) is 63.3 Å². The molecule has 3 rings (SSSR count). The van der Waals surface area contributed by atoms with Gasteiger partial charge in [-0.05, 0) is 35.1 Å². The van der Waals surface area contributed by atoms with Gasteiger partial charge in [0.25, 0.3) is 5.69 Å². The van der Waals surface area contributed by atoms with Crippen molar-refractivity contribution in [1.29, 1.82) is 0 Å². The normalized spacial score (nSPS) is 11.9. The molecule has 9 heteroatoms. The molecule has 0 aliphatic carbocycles. The average molecular weight is 511 g/mol. The lowest BCUT2D eigenvalue weighted by atomic mass is 9.86. The number of nitro benzene ring substituents is 1. The molecule has 7 nitrogen and oxygen atoms in total. The summed E-state index contributed by atoms with van der Waals surface area (Å²) in [7, 11) is 0. The van der Waals surface area contributed by atoms with Crippen LogP contribution >= 0.6 is 23.6 Å². The van der Waals surface area contributed by atoms with Gasteiger partial charge in [0.1, 0.15) is 11.3 Å². The lowest BCUT2D eigenvalue weighted by Gasteiger charge is -2.19. The second kappa shape index (κ2) is 10.5. The van der Waals surface area contributed by atoms with Crippen LogP contribution in [0.15, 0.2) is 52.8 Å². The van der Waals surface area contributed by atoms with Crippen molar-refractivity contribution in [2.24, 2.45) is 4.99 Å². The summed E-state index contributed by atoms with van der Waals surface area (Å²) in [5, 5.41) is 33.0. The van der Waals surface area contributed by atoms with Crippen molar-refractivity contribution in [3.05, 3.63) is 80.2 Å². The topological polar surface area (TPSA) is 113 Å². The van der Waals surface area contributed by atoms with Crippen LogP contribution < -0.4 is 0 Å². The van der Waals surface area contributed by atoms with Gasteiger partial charge in [0, 0.05) is 34.0 Å². The number of aliphatic imine (C=N–C) groups is 1. The molecule has 0 fully saturated rings. The number of aromatic hydroxyl groups is 1. The molecule has 0 radical (unpaired) electrons. The van der Waals surface area contributed by atoms with E-state index in [4.69, 9.17) is 17.3 Å². The van der Waals surface area contributed by atoms with Gasteiger partial charge in [0.15, 0.2) is 0 Å². The fraction of sp³-hybridized carbons (Fsp3) is 0.269. The molecule has 0 aliphatic rings. The van der Waals surface area contributed by atoms with E-state index < -0.39 is 16.6 Å². The number of aromatic carboxylic acids is 1. The molecular formula is C26H26N2O5S2. The van der Waals surface area contributed by atoms with Gasteiger partial charge in [-0.3, -0.25) is 15.1 Å². The van der Waals surface area contributed by atoms with Crippen LogP contribution in [0.4, 0.5) is 5.69 Å². The highest BCUT2D eigenvalue weighted by molar-refractivity contribution is 7.80. The van der Waals surface area contributed by atoms with Crippen molar-refractivity contribution >= 4 is 45.8 Å². The Balaban J connectivity index is 1.72. The second-order valence-corrected chi connectivity index (χ2v) is 10.6. The quantitative estimate of drug-likeness (QED) is 0.156. The van der Waals surface area contributed by atoms with Crippen molar-refractivity contribution in [1.82, 2.24) is 0 Å². The monoisotopic (exact) mass is 510 g/mol. The first-order chi connectivity index (χ1) is 16.4. The highest BCUT2D eigenvalue weighted by Gasteiger charge is 2.21. The summed E-state index contributed by atoms with van der Waals surface area (Å²) in [6.45, 7) is 8.45. The third kappa shape index (κ3) is 6.17. The van der Waals surface area contributed by atoms with E-state index >= 15 is 0 Å². The van der Waals surface area contributed by atoms with E-state index in [0.717, 1.165) is 10.4 Å². The molecule has 182 valence electrons. The summed E-state index contributed by atoms with van der Waals surface area (Å²) in [6.07, 6.45) is 0.244. The van der Waals surface area contributed by atoms with Gasteiger partial charge >= 0.3 is 5.97 Å². The summed E-state index contributed by atoms with van der Waals surface area (Å²) >= 11 is 6.84. The van der Waals surface area contributed by atoms with Crippen LogP contribution in [0.1, 0.15) is 54.7 Å². The van der Waals surface area contributed by atoms with Crippen LogP contribution in [0.5, 0.6) is 5.75 Å². The number of thiocarbonyl (C=S) groups is 1. The zero-order chi connectivity index (χ0) is 25.9. The predicted octanol–water partition coefficient (Wildman–Crippen LogP) is 6.45. The van der Waals surface area contributed by atoms with Crippen LogP contribution in [0.2, 0.25) is 0 Å². The van der Waals surface area contributed by atoms with Gasteiger partial charge in [-0.25, -0.2) is 4.79 Å². The summed E-state index contributed by atoms with van der Waals surface area (Å²) in [5.74, 6) is -1.18. The van der Waals surface area contributed by atoms with Crippen molar-refractivity contribution in [2.45, 2.75) is 39.5 Å². The number of carboxylic acids is 1. The summed E-state index contributed by atoms with van der Waals surface area (Å²) in [5.41, 5.74) is 3.16. The van der Waals surface area contributed by atoms with E-state index in [9.17, 15) is 20.0 Å². The second-order valence-electron chi connectivity index (χ2n) is 9.19. The Bertz CT molecular complexity index is 1320. The Labute approximate surface area is 212 Å². The lowest BCUT2D eigenvalue weighted by molar-refractivity contribution is -0.385. The minimum Gasteiger partial charge on any atom is -0.506 e. The maximum Gasteiger partial charge on any atom is 0.342 e. The molecule has 2 aromatic carbocycles. The standard InChI is InChI=1S/C26H26N2O5S2/c1-15(21-14-35-24(23(21)29)17-6-8-18(9-7-17)26(2,3)4)27-13-19(34)11-16-5-10-20(25(30)31)22(12-16)28(32)33/h5-10,12,14,29H,11,13H2,1-4H3,(H,30,31). The fourth-order valence-electron chi connectivity index (χ4n) is 3.53. The number of hydrogen-bond donors (Lipinski definition) is 2. The van der Waals surface area contributed by atoms with Crippen molar-refractivity contribution < 1.29 is 19.9 Å². The van der Waals surface area contributed by atoms with E-state index in [0.29, 0.717) is 21.7 Å². The molecule has 0 saturated carbocycles. The van der Waals surface area contributed by atoms with Gasteiger partial charge < -0.3 is 10.2 Å². The Hall–Kier alpha value is -3.43. The first kappa shape index (κ1) is 26.2. The number of nitrogens with zero attached hydrogens (tertiary/aromatic N) is 2. The maximum atomic E-state index is 11.2. The molecule has 1 aromatic heterocycles. The first-order valence-corrected chi connectivity index (χ1v) is 12.1. The summed E-state index contributed by atoms with van der Waals surface area (Å²) in [4.78, 5) is 27.5. The molecular weight excluding hydrogens is 484 g/mol. The number of thiophene rings is 1. The Kier molecular flexibility index (Phi) is 7.82. The molecule has 0 amide bonds. The van der Waals surface area contributed by atoms with E-state index in [-0.39, 0.29) is 29.7 Å². The zero-order valence-corrected chi connectivity index (χ0v) is 21.5. The molecule has 35 heavy (non-hydrogen) atoms. The number of rotatable bonds is 8. The largest absolute Gasteiger partial charge is 0.506 e. The van der Waals surface area contributed by atoms with E-state index in [1.54, 1.807) is 6.92 Å². The van der Waals surface area contributed by atoms with Gasteiger partial charge in [0.2, 0.25) is 0 Å². The fourth-order valence-corrected chi connectivity index (χ4v) is 4.77. The van der Waals surface area contributed by atoms with E-state index in [2.05, 4.69) is 37.9 Å². The molecule has 0 saturated heterocycles. The van der Waals surface area contributed by atoms with Gasteiger partial charge in [0.05, 0.1) is 16.3 Å². The highest BCUT2D eigenvalue weighted by atomic mass is 32.1. The minimum absolute atomic E-state index is 0.0477. The van der Waals surface area contributed by atoms with Crippen LogP contribution in [0, 0.1) is 10.1 Å². The molecule has 3 aromatic rings. The molecule has 0 unspecified atom stereocenters. The molecule has 2 N–H and O–H groups in total. The summed E-state index contributed by atoms with van der Waals surface area (Å²) < 4.78 is 0. The number of carbonyl (C=O) groups is 1. The lowest BCUT2D eigenvalue weighted by Crippen LogP contribution is -2.10. The predicted molar refractivity (Wildman–Crippen MR) is 144 cm³/mol. The molecule has 0 atom stereocenters. The first-order valence-electron chi connectivity index (χ1n) is 10.8. The van der Waals surface area contributed by atoms with Crippen LogP contribution in [-0.2, 0) is 11.8 Å². The summed E-state index contributed by atoms with van der Waals surface area (Å²) in [6, 6.07) is 12.1. The third-order valence-electron chi connectivity index (χ3n) is 5.55. The zero-order valence-electron chi connectivity index (χ0n) is 19.9. The number of carboxylic acid groups (broad SMARTS) is 1. The molecule has 0 spiro atoms. The van der Waals surface area contributed by atoms with Crippen LogP contribution in [-0.4, -0.2) is 38.2 Å². The van der Waals surface area contributed by atoms with Crippen LogP contribution in [0.3, 0.4) is 0 Å². The number of nitro groups is 1. The number of benzene rings is 2. The maximum absolute atomic E-state index is 11.2. The Morgan fingerprint density at radius 2 is 1.80 bits per heavy atom. The van der Waals surface area contributed by atoms with Gasteiger partial charge in [-0.15, -0.1) is 11.3 Å². The third-order valence-corrected chi connectivity index (χ3v) is 6.84. The molecule has 0 bridgehead atoms. The minimum atomic E-state index is -1.36. The smallest absolute Gasteiger partial charge is 0.342 e. The van der Waals surface area contributed by atoms with Crippen molar-refractivity contribution in [2.75, 3.05) is 6.54 Å². The van der Waals surface area contributed by atoms with Crippen molar-refractivity contribution in [3.63, 3.8) is 0 Å². The van der Waals surface area contributed by atoms with Crippen LogP contribution in [0.25, 0.3) is 10.4 Å². The molecule has 1 heterocycles. The average Bonchev–Trinajstić information content (AvgIpc) is 3.18.